The summed E-state index contributed by atoms with van der Waals surface area (Å²) in [6, 6.07) is 28.7. The first kappa shape index (κ1) is 29.5. The van der Waals surface area contributed by atoms with E-state index in [4.69, 9.17) is 4.74 Å². The Balaban J connectivity index is 1.33. The van der Waals surface area contributed by atoms with Crippen LogP contribution in [0.4, 0.5) is 0 Å². The smallest absolute Gasteiger partial charge is 0.247 e. The van der Waals surface area contributed by atoms with Crippen LogP contribution < -0.4 is 4.74 Å². The van der Waals surface area contributed by atoms with Crippen LogP contribution in [0.1, 0.15) is 27.8 Å². The monoisotopic (exact) mass is 598 g/mol. The normalized spacial score (nSPS) is 13.3. The van der Waals surface area contributed by atoms with E-state index in [0.717, 1.165) is 34.4 Å². The number of hydrogen-bond acceptors (Lipinski definition) is 6. The number of methoxy groups -OCH3 is 1. The van der Waals surface area contributed by atoms with Crippen molar-refractivity contribution in [2.45, 2.75) is 32.0 Å². The van der Waals surface area contributed by atoms with Crippen LogP contribution in [-0.2, 0) is 35.5 Å². The first-order chi connectivity index (χ1) is 22.1. The molecule has 45 heavy (non-hydrogen) atoms. The Kier molecular flexibility index (Phi) is 9.06. The third kappa shape index (κ3) is 7.15. The van der Waals surface area contributed by atoms with E-state index in [2.05, 4.69) is 27.4 Å². The molecule has 3 aromatic carbocycles. The molecule has 0 saturated carbocycles. The molecule has 0 fully saturated rings. The Bertz CT molecular complexity index is 1750. The lowest BCUT2D eigenvalue weighted by atomic mass is 9.97. The summed E-state index contributed by atoms with van der Waals surface area (Å²) in [5.41, 5.74) is 5.88. The fourth-order valence-corrected chi connectivity index (χ4v) is 5.58. The van der Waals surface area contributed by atoms with Crippen molar-refractivity contribution in [3.63, 3.8) is 0 Å². The van der Waals surface area contributed by atoms with Crippen molar-refractivity contribution in [2.24, 2.45) is 0 Å². The van der Waals surface area contributed by atoms with Gasteiger partial charge < -0.3 is 14.5 Å². The second-order valence-electron chi connectivity index (χ2n) is 10.9. The molecule has 9 nitrogen and oxygen atoms in total. The number of benzene rings is 3. The van der Waals surface area contributed by atoms with Crippen molar-refractivity contribution >= 4 is 17.9 Å². The highest BCUT2D eigenvalue weighted by Crippen LogP contribution is 2.23. The molecule has 9 heteroatoms. The zero-order valence-corrected chi connectivity index (χ0v) is 25.1. The van der Waals surface area contributed by atoms with Gasteiger partial charge in [-0.05, 0) is 58.5 Å². The first-order valence-electron chi connectivity index (χ1n) is 14.9. The lowest BCUT2D eigenvalue weighted by molar-refractivity contribution is -0.144. The number of ether oxygens (including phenoxy) is 1. The van der Waals surface area contributed by atoms with E-state index in [1.807, 2.05) is 77.7 Å². The van der Waals surface area contributed by atoms with Gasteiger partial charge in [-0.2, -0.15) is 0 Å². The Labute approximate surface area is 262 Å². The molecule has 3 heterocycles. The van der Waals surface area contributed by atoms with Gasteiger partial charge in [0, 0.05) is 44.4 Å². The van der Waals surface area contributed by atoms with E-state index in [-0.39, 0.29) is 18.4 Å². The van der Waals surface area contributed by atoms with E-state index in [0.29, 0.717) is 25.4 Å². The zero-order valence-electron chi connectivity index (χ0n) is 25.1. The Morgan fingerprint density at radius 3 is 2.42 bits per heavy atom. The van der Waals surface area contributed by atoms with E-state index in [1.54, 1.807) is 47.4 Å². The molecule has 2 amide bonds. The fraction of sp³-hybridized carbons (Fsp3) is 0.194. The van der Waals surface area contributed by atoms with Crippen molar-refractivity contribution in [1.29, 1.82) is 0 Å². The first-order valence-corrected chi connectivity index (χ1v) is 14.9. The number of fused-ring (bicyclic) bond motifs is 1. The minimum absolute atomic E-state index is 0.0690. The van der Waals surface area contributed by atoms with Gasteiger partial charge in [0.25, 0.3) is 0 Å². The molecule has 0 spiro atoms. The summed E-state index contributed by atoms with van der Waals surface area (Å²) in [6.45, 7) is 1.36. The quantitative estimate of drug-likeness (QED) is 0.212. The maximum absolute atomic E-state index is 14.5. The second kappa shape index (κ2) is 13.8. The lowest BCUT2D eigenvalue weighted by Gasteiger charge is -2.37. The average Bonchev–Trinajstić information content (AvgIpc) is 3.64. The number of aromatic nitrogens is 4. The van der Waals surface area contributed by atoms with Crippen LogP contribution in [0.2, 0.25) is 0 Å². The molecule has 0 saturated heterocycles. The third-order valence-electron chi connectivity index (χ3n) is 8.02. The van der Waals surface area contributed by atoms with E-state index < -0.39 is 6.04 Å². The Morgan fingerprint density at radius 2 is 1.71 bits per heavy atom. The number of carbonyl (C=O) groups excluding carboxylic acids is 2. The van der Waals surface area contributed by atoms with Gasteiger partial charge in [0.2, 0.25) is 17.7 Å². The van der Waals surface area contributed by atoms with Crippen LogP contribution in [0.15, 0.2) is 116 Å². The topological polar surface area (TPSA) is 93.4 Å². The lowest BCUT2D eigenvalue weighted by Crippen LogP contribution is -2.52. The minimum atomic E-state index is -0.723. The van der Waals surface area contributed by atoms with Gasteiger partial charge in [-0.15, -0.1) is 5.10 Å². The highest BCUT2D eigenvalue weighted by Gasteiger charge is 2.34. The molecule has 1 aliphatic rings. The Hall–Kier alpha value is -5.57. The second-order valence-corrected chi connectivity index (χ2v) is 10.9. The summed E-state index contributed by atoms with van der Waals surface area (Å²) in [4.78, 5) is 36.4. The fourth-order valence-electron chi connectivity index (χ4n) is 5.58. The molecule has 1 unspecified atom stereocenters. The summed E-state index contributed by atoms with van der Waals surface area (Å²) in [5, 5.41) is 7.95. The highest BCUT2D eigenvalue weighted by atomic mass is 16.5. The van der Waals surface area contributed by atoms with Gasteiger partial charge in [0.1, 0.15) is 6.04 Å². The van der Waals surface area contributed by atoms with Crippen molar-refractivity contribution in [2.75, 3.05) is 13.7 Å². The van der Waals surface area contributed by atoms with Crippen LogP contribution in [0.5, 0.6) is 5.88 Å². The number of amides is 2. The van der Waals surface area contributed by atoms with Gasteiger partial charge in [0.15, 0.2) is 0 Å². The summed E-state index contributed by atoms with van der Waals surface area (Å²) in [5.74, 6) is 0.157. The molecule has 2 aromatic heterocycles. The molecular weight excluding hydrogens is 564 g/mol. The predicted octanol–water partition coefficient (Wildman–Crippen LogP) is 4.91. The van der Waals surface area contributed by atoms with E-state index in [9.17, 15) is 9.59 Å². The molecule has 5 aromatic rings. The molecule has 6 rings (SSSR count). The number of carbonyl (C=O) groups is 2. The molecular formula is C36H34N6O3. The van der Waals surface area contributed by atoms with Crippen molar-refractivity contribution in [3.05, 3.63) is 143 Å². The van der Waals surface area contributed by atoms with Crippen LogP contribution in [0, 0.1) is 0 Å². The molecule has 0 bridgehead atoms. The largest absolute Gasteiger partial charge is 0.481 e. The maximum Gasteiger partial charge on any atom is 0.247 e. The summed E-state index contributed by atoms with van der Waals surface area (Å²) < 4.78 is 6.84. The van der Waals surface area contributed by atoms with Crippen molar-refractivity contribution < 1.29 is 14.3 Å². The van der Waals surface area contributed by atoms with Crippen molar-refractivity contribution in [3.8, 4) is 11.6 Å². The van der Waals surface area contributed by atoms with Crippen LogP contribution >= 0.6 is 0 Å². The number of pyridine rings is 1. The summed E-state index contributed by atoms with van der Waals surface area (Å²) >= 11 is 0. The molecule has 1 atom stereocenters. The van der Waals surface area contributed by atoms with E-state index in [1.165, 1.54) is 11.6 Å². The average molecular weight is 599 g/mol. The maximum atomic E-state index is 14.5. The van der Waals surface area contributed by atoms with Gasteiger partial charge in [-0.3, -0.25) is 9.59 Å². The number of hydrogen-bond donors (Lipinski definition) is 0. The van der Waals surface area contributed by atoms with Gasteiger partial charge >= 0.3 is 0 Å². The third-order valence-corrected chi connectivity index (χ3v) is 8.02. The number of rotatable bonds is 10. The molecule has 0 N–H and O–H groups in total. The van der Waals surface area contributed by atoms with Gasteiger partial charge in [-0.1, -0.05) is 71.9 Å². The minimum Gasteiger partial charge on any atom is -0.481 e. The van der Waals surface area contributed by atoms with Gasteiger partial charge in [-0.25, -0.2) is 9.67 Å². The van der Waals surface area contributed by atoms with Crippen LogP contribution in [0.3, 0.4) is 0 Å². The standard InChI is InChI=1S/C36H34N6O3/c1-45-34-17-13-28(24-37-34)14-18-35(43)41(25-29-11-15-32(16-12-29)42-22-20-38-39-42)33(23-27-7-3-2-4-8-27)36(44)40-21-19-30-9-5-6-10-31(30)26-40/h2-18,20,22,24,33H,19,21,23,25-26H2,1H3. The van der Waals surface area contributed by atoms with E-state index >= 15 is 0 Å². The molecule has 1 aliphatic heterocycles. The van der Waals surface area contributed by atoms with Crippen LogP contribution in [-0.4, -0.2) is 61.3 Å². The van der Waals surface area contributed by atoms with Crippen molar-refractivity contribution in [1.82, 2.24) is 29.8 Å². The predicted molar refractivity (Wildman–Crippen MR) is 171 cm³/mol. The molecule has 226 valence electrons. The van der Waals surface area contributed by atoms with Crippen LogP contribution in [0.25, 0.3) is 11.8 Å². The zero-order chi connectivity index (χ0) is 31.0. The molecule has 0 radical (unpaired) electrons. The molecule has 0 aliphatic carbocycles. The SMILES string of the molecule is COc1ccc(C=CC(=O)N(Cc2ccc(-n3ccnn3)cc2)C(Cc2ccccc2)C(=O)N2CCc3ccccc3C2)cn1. The summed E-state index contributed by atoms with van der Waals surface area (Å²) in [6.07, 6.45) is 9.45. The highest BCUT2D eigenvalue weighted by molar-refractivity contribution is 5.95. The summed E-state index contributed by atoms with van der Waals surface area (Å²) in [7, 11) is 1.56. The Morgan fingerprint density at radius 1 is 0.933 bits per heavy atom. The van der Waals surface area contributed by atoms with Gasteiger partial charge in [0.05, 0.1) is 25.2 Å². The number of nitrogens with zero attached hydrogens (tertiary/aromatic N) is 6.